The van der Waals surface area contributed by atoms with Crippen molar-refractivity contribution in [3.05, 3.63) is 0 Å². The lowest BCUT2D eigenvalue weighted by Crippen LogP contribution is -2.54. The predicted octanol–water partition coefficient (Wildman–Crippen LogP) is 0.404. The highest BCUT2D eigenvalue weighted by molar-refractivity contribution is 8.00. The number of nitrogens with one attached hydrogen (secondary N) is 1. The van der Waals surface area contributed by atoms with E-state index in [2.05, 4.69) is 17.1 Å². The Bertz CT molecular complexity index is 358. The van der Waals surface area contributed by atoms with Crippen molar-refractivity contribution in [3.63, 3.8) is 0 Å². The molecule has 2 aliphatic heterocycles. The largest absolute Gasteiger partial charge is 0.315 e. The lowest BCUT2D eigenvalue weighted by molar-refractivity contribution is 0.165. The quantitative estimate of drug-likeness (QED) is 0.810. The Labute approximate surface area is 108 Å². The van der Waals surface area contributed by atoms with Crippen molar-refractivity contribution in [2.45, 2.75) is 24.8 Å². The molecule has 4 nitrogen and oxygen atoms in total. The van der Waals surface area contributed by atoms with Crippen LogP contribution in [-0.4, -0.2) is 62.1 Å². The van der Waals surface area contributed by atoms with Gasteiger partial charge in [0.2, 0.25) is 0 Å². The molecule has 3 unspecified atom stereocenters. The maximum atomic E-state index is 11.9. The molecule has 2 fully saturated rings. The van der Waals surface area contributed by atoms with Gasteiger partial charge in [0.05, 0.1) is 0 Å². The van der Waals surface area contributed by atoms with Crippen molar-refractivity contribution < 1.29 is 8.42 Å². The fraction of sp³-hybridized carbons (Fsp3) is 1.00. The number of nitrogens with zero attached hydrogens (tertiary/aromatic N) is 1. The van der Waals surface area contributed by atoms with Crippen LogP contribution in [0.5, 0.6) is 0 Å². The number of hydrogen-bond donors (Lipinski definition) is 1. The summed E-state index contributed by atoms with van der Waals surface area (Å²) in [6.45, 7) is 5.07. The maximum Gasteiger partial charge on any atom is 0.164 e. The predicted molar refractivity (Wildman–Crippen MR) is 73.1 cm³/mol. The van der Waals surface area contributed by atoms with Crippen LogP contribution in [0.25, 0.3) is 0 Å². The lowest BCUT2D eigenvalue weighted by Gasteiger charge is -2.40. The zero-order chi connectivity index (χ0) is 12.5. The van der Waals surface area contributed by atoms with Crippen molar-refractivity contribution in [1.82, 2.24) is 10.2 Å². The summed E-state index contributed by atoms with van der Waals surface area (Å²) in [6, 6.07) is 0.403. The van der Waals surface area contributed by atoms with E-state index < -0.39 is 9.84 Å². The second-order valence-corrected chi connectivity index (χ2v) is 8.34. The third-order valence-electron chi connectivity index (χ3n) is 3.87. The Kier molecular flexibility index (Phi) is 4.39. The normalized spacial score (nSPS) is 36.2. The van der Waals surface area contributed by atoms with Gasteiger partial charge in [-0.2, -0.15) is 11.8 Å². The molecule has 0 aromatic rings. The summed E-state index contributed by atoms with van der Waals surface area (Å²) in [4.78, 5) is 2.24. The minimum absolute atomic E-state index is 0.278. The summed E-state index contributed by atoms with van der Waals surface area (Å²) in [7, 11) is -2.97. The summed E-state index contributed by atoms with van der Waals surface area (Å²) in [5.41, 5.74) is 0. The van der Waals surface area contributed by atoms with Crippen LogP contribution in [-0.2, 0) is 9.84 Å². The molecule has 2 aliphatic rings. The van der Waals surface area contributed by atoms with Crippen LogP contribution < -0.4 is 5.32 Å². The first-order chi connectivity index (χ1) is 8.04. The van der Waals surface area contributed by atoms with Crippen molar-refractivity contribution in [3.8, 4) is 0 Å². The molecular weight excluding hydrogens is 256 g/mol. The molecule has 0 amide bonds. The first kappa shape index (κ1) is 13.6. The Morgan fingerprint density at radius 2 is 2.18 bits per heavy atom. The molecule has 0 aromatic carbocycles. The summed E-state index contributed by atoms with van der Waals surface area (Å²) >= 11 is 1.76. The fourth-order valence-corrected chi connectivity index (χ4v) is 5.80. The van der Waals surface area contributed by atoms with E-state index in [0.717, 1.165) is 37.6 Å². The van der Waals surface area contributed by atoms with E-state index in [0.29, 0.717) is 12.0 Å². The summed E-state index contributed by atoms with van der Waals surface area (Å²) < 4.78 is 23.7. The second kappa shape index (κ2) is 5.47. The van der Waals surface area contributed by atoms with Crippen LogP contribution in [0.1, 0.15) is 13.3 Å². The van der Waals surface area contributed by atoms with Crippen LogP contribution >= 0.6 is 11.8 Å². The molecule has 0 aliphatic carbocycles. The Morgan fingerprint density at radius 1 is 1.41 bits per heavy atom. The van der Waals surface area contributed by atoms with Gasteiger partial charge in [0, 0.05) is 36.9 Å². The van der Waals surface area contributed by atoms with Crippen LogP contribution in [0.4, 0.5) is 0 Å². The third-order valence-corrected chi connectivity index (χ3v) is 6.53. The molecular formula is C11H22N2O2S2. The molecule has 100 valence electrons. The molecule has 0 aromatic heterocycles. The molecule has 0 radical (unpaired) electrons. The Balaban J connectivity index is 2.16. The average molecular weight is 278 g/mol. The van der Waals surface area contributed by atoms with E-state index in [1.807, 2.05) is 0 Å². The standard InChI is InChI=1S/C11H22N2O2S2/c1-3-9-6-12-7-10(9)13-4-5-16-8-11(13)17(2,14)15/h9-12H,3-8H2,1-2H3. The number of hydrogen-bond acceptors (Lipinski definition) is 5. The molecule has 2 rings (SSSR count). The SMILES string of the molecule is CCC1CNCC1N1CCSCC1S(C)(=O)=O. The summed E-state index contributed by atoms with van der Waals surface area (Å²) in [5, 5.41) is 3.12. The number of sulfone groups is 1. The van der Waals surface area contributed by atoms with Gasteiger partial charge < -0.3 is 5.32 Å². The molecule has 1 N–H and O–H groups in total. The van der Waals surface area contributed by atoms with E-state index in [9.17, 15) is 8.42 Å². The van der Waals surface area contributed by atoms with E-state index in [4.69, 9.17) is 0 Å². The van der Waals surface area contributed by atoms with Crippen molar-refractivity contribution in [2.24, 2.45) is 5.92 Å². The van der Waals surface area contributed by atoms with Gasteiger partial charge in [-0.3, -0.25) is 4.90 Å². The van der Waals surface area contributed by atoms with E-state index in [-0.39, 0.29) is 5.37 Å². The Morgan fingerprint density at radius 3 is 2.82 bits per heavy atom. The minimum atomic E-state index is -2.97. The van der Waals surface area contributed by atoms with Gasteiger partial charge in [-0.25, -0.2) is 8.42 Å². The third kappa shape index (κ3) is 2.97. The molecule has 0 spiro atoms. The fourth-order valence-electron chi connectivity index (χ4n) is 2.87. The summed E-state index contributed by atoms with van der Waals surface area (Å²) in [5.74, 6) is 2.38. The first-order valence-corrected chi connectivity index (χ1v) is 9.38. The molecule has 2 heterocycles. The second-order valence-electron chi connectivity index (χ2n) is 4.99. The van der Waals surface area contributed by atoms with Gasteiger partial charge in [0.15, 0.2) is 9.84 Å². The van der Waals surface area contributed by atoms with Gasteiger partial charge in [-0.1, -0.05) is 13.3 Å². The Hall–Kier alpha value is 0.220. The van der Waals surface area contributed by atoms with E-state index in [1.54, 1.807) is 11.8 Å². The van der Waals surface area contributed by atoms with Crippen LogP contribution in [0.3, 0.4) is 0 Å². The zero-order valence-corrected chi connectivity index (χ0v) is 12.2. The van der Waals surface area contributed by atoms with E-state index >= 15 is 0 Å². The van der Waals surface area contributed by atoms with Gasteiger partial charge >= 0.3 is 0 Å². The summed E-state index contributed by atoms with van der Waals surface area (Å²) in [6.07, 6.45) is 2.50. The lowest BCUT2D eigenvalue weighted by atomic mass is 9.99. The molecule has 2 saturated heterocycles. The highest BCUT2D eigenvalue weighted by atomic mass is 32.2. The van der Waals surface area contributed by atoms with Crippen molar-refractivity contribution >= 4 is 21.6 Å². The van der Waals surface area contributed by atoms with Crippen LogP contribution in [0.2, 0.25) is 0 Å². The smallest absolute Gasteiger partial charge is 0.164 e. The molecule has 0 bridgehead atoms. The van der Waals surface area contributed by atoms with Crippen molar-refractivity contribution in [2.75, 3.05) is 37.4 Å². The molecule has 0 saturated carbocycles. The van der Waals surface area contributed by atoms with Gasteiger partial charge in [0.1, 0.15) is 5.37 Å². The molecule has 3 atom stereocenters. The molecule has 17 heavy (non-hydrogen) atoms. The topological polar surface area (TPSA) is 49.4 Å². The number of thioether (sulfide) groups is 1. The van der Waals surface area contributed by atoms with Crippen molar-refractivity contribution in [1.29, 1.82) is 0 Å². The van der Waals surface area contributed by atoms with Gasteiger partial charge in [-0.15, -0.1) is 0 Å². The van der Waals surface area contributed by atoms with E-state index in [1.165, 1.54) is 6.26 Å². The van der Waals surface area contributed by atoms with Crippen LogP contribution in [0.15, 0.2) is 0 Å². The highest BCUT2D eigenvalue weighted by Crippen LogP contribution is 2.28. The monoisotopic (exact) mass is 278 g/mol. The average Bonchev–Trinajstić information content (AvgIpc) is 2.75. The first-order valence-electron chi connectivity index (χ1n) is 6.27. The van der Waals surface area contributed by atoms with Crippen LogP contribution in [0, 0.1) is 5.92 Å². The minimum Gasteiger partial charge on any atom is -0.315 e. The maximum absolute atomic E-state index is 11.9. The van der Waals surface area contributed by atoms with Gasteiger partial charge in [0.25, 0.3) is 0 Å². The molecule has 6 heteroatoms. The zero-order valence-electron chi connectivity index (χ0n) is 10.6. The number of rotatable bonds is 3. The van der Waals surface area contributed by atoms with Gasteiger partial charge in [-0.05, 0) is 12.5 Å². The highest BCUT2D eigenvalue weighted by Gasteiger charge is 2.39.